The summed E-state index contributed by atoms with van der Waals surface area (Å²) in [5.74, 6) is 6.52. The maximum absolute atomic E-state index is 13.5. The van der Waals surface area contributed by atoms with Crippen molar-refractivity contribution in [2.75, 3.05) is 20.3 Å². The zero-order chi connectivity index (χ0) is 25.1. The maximum Gasteiger partial charge on any atom is 0.280 e. The number of halogens is 2. The van der Waals surface area contributed by atoms with Gasteiger partial charge in [-0.25, -0.2) is 8.78 Å². The molecule has 0 aromatic carbocycles. The molecule has 0 radical (unpaired) electrons. The third kappa shape index (κ3) is 5.50. The number of ether oxygens (including phenoxy) is 2. The van der Waals surface area contributed by atoms with Gasteiger partial charge < -0.3 is 9.47 Å². The Morgan fingerprint density at radius 2 is 2.11 bits per heavy atom. The van der Waals surface area contributed by atoms with Crippen LogP contribution in [0, 0.1) is 17.8 Å². The summed E-state index contributed by atoms with van der Waals surface area (Å²) >= 11 is 1.30. The summed E-state index contributed by atoms with van der Waals surface area (Å²) in [5.41, 5.74) is 4.96. The van der Waals surface area contributed by atoms with Gasteiger partial charge in [-0.1, -0.05) is 17.9 Å². The van der Waals surface area contributed by atoms with Crippen molar-refractivity contribution in [3.63, 3.8) is 0 Å². The number of hydrogen-bond acceptors (Lipinski definition) is 8. The second-order valence-corrected chi connectivity index (χ2v) is 9.43. The van der Waals surface area contributed by atoms with Crippen molar-refractivity contribution in [1.29, 1.82) is 0 Å². The number of carbonyl (C=O) groups excluding carboxylic acids is 1. The van der Waals surface area contributed by atoms with E-state index in [1.54, 1.807) is 6.07 Å². The lowest BCUT2D eigenvalue weighted by Crippen LogP contribution is -2.28. The first-order chi connectivity index (χ1) is 17.5. The Hall–Kier alpha value is -3.49. The van der Waals surface area contributed by atoms with Crippen molar-refractivity contribution in [1.82, 2.24) is 20.7 Å². The summed E-state index contributed by atoms with van der Waals surface area (Å²) in [6.07, 6.45) is 4.70. The van der Waals surface area contributed by atoms with Crippen molar-refractivity contribution < 1.29 is 23.0 Å². The molecule has 1 amide bonds. The average Bonchev–Trinajstić information content (AvgIpc) is 3.64. The summed E-state index contributed by atoms with van der Waals surface area (Å²) in [6.45, 7) is 1.01. The molecule has 0 spiro atoms. The number of nitrogens with one attached hydrogen (secondary N) is 2. The molecule has 1 atom stereocenters. The SMILES string of the molecule is COc1cnc(C(F)F)cc1-c1cc(C2=CCOCC2)ncc1C(=O)NC1=NNC(C#CC2CC2)S1. The molecule has 11 heteroatoms. The quantitative estimate of drug-likeness (QED) is 0.587. The number of alkyl halides is 2. The number of carbonyl (C=O) groups is 1. The van der Waals surface area contributed by atoms with E-state index < -0.39 is 18.0 Å². The highest BCUT2D eigenvalue weighted by atomic mass is 32.2. The summed E-state index contributed by atoms with van der Waals surface area (Å²) in [7, 11) is 1.42. The number of pyridine rings is 2. The van der Waals surface area contributed by atoms with E-state index >= 15 is 0 Å². The fourth-order valence-electron chi connectivity index (χ4n) is 3.73. The molecule has 2 aliphatic heterocycles. The molecule has 1 saturated carbocycles. The number of hydrogen-bond donors (Lipinski definition) is 2. The molecule has 4 heterocycles. The van der Waals surface area contributed by atoms with Gasteiger partial charge >= 0.3 is 0 Å². The third-order valence-corrected chi connectivity index (χ3v) is 6.67. The van der Waals surface area contributed by atoms with E-state index in [1.807, 2.05) is 6.08 Å². The van der Waals surface area contributed by atoms with Crippen LogP contribution in [0.2, 0.25) is 0 Å². The fourth-order valence-corrected chi connectivity index (χ4v) is 4.44. The summed E-state index contributed by atoms with van der Waals surface area (Å²) in [5, 5.41) is 7.07. The number of hydrazone groups is 1. The van der Waals surface area contributed by atoms with Crippen LogP contribution < -0.4 is 15.5 Å². The second-order valence-electron chi connectivity index (χ2n) is 8.34. The topological polar surface area (TPSA) is 97.7 Å². The highest BCUT2D eigenvalue weighted by Crippen LogP contribution is 2.36. The Morgan fingerprint density at radius 3 is 2.83 bits per heavy atom. The van der Waals surface area contributed by atoms with Gasteiger partial charge in [0.1, 0.15) is 11.4 Å². The van der Waals surface area contributed by atoms with Crippen molar-refractivity contribution in [2.45, 2.75) is 31.1 Å². The van der Waals surface area contributed by atoms with Crippen molar-refractivity contribution in [3.05, 3.63) is 47.6 Å². The minimum atomic E-state index is -2.78. The van der Waals surface area contributed by atoms with Gasteiger partial charge in [0.05, 0.1) is 37.8 Å². The third-order valence-electron chi connectivity index (χ3n) is 5.79. The number of rotatable bonds is 5. The minimum Gasteiger partial charge on any atom is -0.494 e. The molecule has 5 rings (SSSR count). The zero-order valence-corrected chi connectivity index (χ0v) is 20.2. The normalized spacial score (nSPS) is 19.1. The van der Waals surface area contributed by atoms with E-state index in [-0.39, 0.29) is 16.7 Å². The van der Waals surface area contributed by atoms with E-state index in [0.29, 0.717) is 47.5 Å². The van der Waals surface area contributed by atoms with E-state index in [1.165, 1.54) is 37.3 Å². The highest BCUT2D eigenvalue weighted by molar-refractivity contribution is 8.14. The van der Waals surface area contributed by atoms with Crippen LogP contribution in [0.25, 0.3) is 16.7 Å². The molecule has 0 bridgehead atoms. The molecule has 2 aromatic rings. The van der Waals surface area contributed by atoms with Gasteiger partial charge in [0.25, 0.3) is 12.3 Å². The van der Waals surface area contributed by atoms with E-state index in [2.05, 4.69) is 37.7 Å². The van der Waals surface area contributed by atoms with Crippen molar-refractivity contribution >= 4 is 28.4 Å². The van der Waals surface area contributed by atoms with Crippen LogP contribution in [0.15, 0.2) is 35.7 Å². The minimum absolute atomic E-state index is 0.187. The molecular weight excluding hydrogens is 488 g/mol. The molecule has 3 aliphatic rings. The van der Waals surface area contributed by atoms with Gasteiger partial charge in [0.2, 0.25) is 0 Å². The van der Waals surface area contributed by atoms with Crippen LogP contribution >= 0.6 is 11.8 Å². The lowest BCUT2D eigenvalue weighted by atomic mass is 9.96. The molecular formula is C25H23F2N5O3S. The Balaban J connectivity index is 1.48. The average molecular weight is 512 g/mol. The van der Waals surface area contributed by atoms with Gasteiger partial charge in [-0.05, 0) is 48.7 Å². The molecule has 1 unspecified atom stereocenters. The van der Waals surface area contributed by atoms with Gasteiger partial charge in [-0.3, -0.25) is 25.5 Å². The van der Waals surface area contributed by atoms with Crippen molar-refractivity contribution in [2.24, 2.45) is 11.0 Å². The number of methoxy groups -OCH3 is 1. The predicted octanol–water partition coefficient (Wildman–Crippen LogP) is 3.97. The van der Waals surface area contributed by atoms with Crippen LogP contribution in [0.4, 0.5) is 8.78 Å². The van der Waals surface area contributed by atoms with Crippen molar-refractivity contribution in [3.8, 4) is 28.7 Å². The zero-order valence-electron chi connectivity index (χ0n) is 19.4. The highest BCUT2D eigenvalue weighted by Gasteiger charge is 2.25. The van der Waals surface area contributed by atoms with Crippen LogP contribution in [-0.4, -0.2) is 46.7 Å². The first-order valence-corrected chi connectivity index (χ1v) is 12.3. The monoisotopic (exact) mass is 511 g/mol. The fraction of sp³-hybridized carbons (Fsp3) is 0.360. The van der Waals surface area contributed by atoms with E-state index in [0.717, 1.165) is 18.4 Å². The summed E-state index contributed by atoms with van der Waals surface area (Å²) in [6, 6.07) is 2.95. The van der Waals surface area contributed by atoms with Gasteiger partial charge in [-0.2, -0.15) is 5.10 Å². The molecule has 36 heavy (non-hydrogen) atoms. The Kier molecular flexibility index (Phi) is 7.16. The van der Waals surface area contributed by atoms with E-state index in [9.17, 15) is 13.6 Å². The lowest BCUT2D eigenvalue weighted by Gasteiger charge is -2.17. The molecule has 8 nitrogen and oxygen atoms in total. The molecule has 1 aliphatic carbocycles. The number of aromatic nitrogens is 2. The second kappa shape index (κ2) is 10.6. The Morgan fingerprint density at radius 1 is 1.25 bits per heavy atom. The number of amidine groups is 1. The molecule has 2 aromatic heterocycles. The largest absolute Gasteiger partial charge is 0.494 e. The first kappa shape index (κ1) is 24.2. The smallest absolute Gasteiger partial charge is 0.280 e. The molecule has 2 N–H and O–H groups in total. The van der Waals surface area contributed by atoms with Gasteiger partial charge in [-0.15, -0.1) is 0 Å². The first-order valence-electron chi connectivity index (χ1n) is 11.4. The standard InChI is InChI=1S/C25H23F2N5O3S/c1-34-21-13-29-20(23(26)27)11-17(21)16-10-19(15-6-8-35-9-7-15)28-12-18(16)24(33)30-25-32-31-22(36-25)5-4-14-2-3-14/h6,10-14,22-23,31H,2-3,7-9H2,1H3,(H,30,32,33). The maximum atomic E-state index is 13.5. The molecule has 186 valence electrons. The summed E-state index contributed by atoms with van der Waals surface area (Å²) in [4.78, 5) is 21.6. The van der Waals surface area contributed by atoms with Gasteiger partial charge in [0.15, 0.2) is 10.5 Å². The van der Waals surface area contributed by atoms with Crippen LogP contribution in [-0.2, 0) is 4.74 Å². The van der Waals surface area contributed by atoms with Crippen LogP contribution in [0.3, 0.4) is 0 Å². The van der Waals surface area contributed by atoms with E-state index in [4.69, 9.17) is 9.47 Å². The number of amides is 1. The Bertz CT molecular complexity index is 1300. The van der Waals surface area contributed by atoms with Crippen LogP contribution in [0.1, 0.15) is 47.4 Å². The lowest BCUT2D eigenvalue weighted by molar-refractivity contribution is 0.0978. The number of nitrogens with zero attached hydrogens (tertiary/aromatic N) is 3. The molecule has 1 fully saturated rings. The van der Waals surface area contributed by atoms with Crippen LogP contribution in [0.5, 0.6) is 5.75 Å². The predicted molar refractivity (Wildman–Crippen MR) is 132 cm³/mol. The van der Waals surface area contributed by atoms with Gasteiger partial charge in [0, 0.05) is 23.2 Å². The molecule has 0 saturated heterocycles. The number of thioether (sulfide) groups is 1. The Labute approximate surface area is 211 Å². The summed E-state index contributed by atoms with van der Waals surface area (Å²) < 4.78 is 37.8.